The Kier molecular flexibility index (Phi) is 1.98. The largest absolute Gasteiger partial charge is 0.387 e. The highest BCUT2D eigenvalue weighted by atomic mass is 35.5. The molecular weight excluding hydrogens is 188 g/mol. The Morgan fingerprint density at radius 2 is 2.31 bits per heavy atom. The molecule has 2 aromatic heterocycles. The van der Waals surface area contributed by atoms with E-state index in [0.717, 1.165) is 5.65 Å². The number of nitrogens with zero attached hydrogens (tertiary/aromatic N) is 2. The van der Waals surface area contributed by atoms with Gasteiger partial charge < -0.3 is 5.11 Å². The quantitative estimate of drug-likeness (QED) is 0.709. The van der Waals surface area contributed by atoms with E-state index in [9.17, 15) is 5.11 Å². The van der Waals surface area contributed by atoms with E-state index in [1.165, 1.54) is 0 Å². The second-order valence-corrected chi connectivity index (χ2v) is 3.29. The Bertz CT molecular complexity index is 436. The summed E-state index contributed by atoms with van der Waals surface area (Å²) >= 11 is 5.96. The van der Waals surface area contributed by atoms with Gasteiger partial charge in [-0.3, -0.25) is 4.40 Å². The molecule has 0 aromatic carbocycles. The summed E-state index contributed by atoms with van der Waals surface area (Å²) in [6, 6.07) is 5.44. The maximum absolute atomic E-state index is 9.42. The topological polar surface area (TPSA) is 37.5 Å². The summed E-state index contributed by atoms with van der Waals surface area (Å²) in [6.45, 7) is 1.69. The predicted octanol–water partition coefficient (Wildman–Crippen LogP) is 2.04. The van der Waals surface area contributed by atoms with Gasteiger partial charge in [0.05, 0.1) is 18.0 Å². The van der Waals surface area contributed by atoms with Crippen LogP contribution in [0.3, 0.4) is 0 Å². The summed E-state index contributed by atoms with van der Waals surface area (Å²) in [6.07, 6.45) is 1.07. The first kappa shape index (κ1) is 8.53. The van der Waals surface area contributed by atoms with Gasteiger partial charge in [-0.2, -0.15) is 0 Å². The van der Waals surface area contributed by atoms with Gasteiger partial charge in [-0.1, -0.05) is 17.7 Å². The van der Waals surface area contributed by atoms with Crippen LogP contribution in [0.5, 0.6) is 0 Å². The molecule has 0 amide bonds. The van der Waals surface area contributed by atoms with E-state index in [1.807, 2.05) is 12.1 Å². The van der Waals surface area contributed by atoms with E-state index in [-0.39, 0.29) is 0 Å². The van der Waals surface area contributed by atoms with Gasteiger partial charge >= 0.3 is 0 Å². The standard InChI is InChI=1S/C9H9ClN2O/c1-6(13)7-5-11-9-4-2-3-8(10)12(7)9/h2-6,13H,1H3. The minimum absolute atomic E-state index is 0.560. The Labute approximate surface area is 80.6 Å². The first-order valence-electron chi connectivity index (χ1n) is 4.00. The Morgan fingerprint density at radius 3 is 3.00 bits per heavy atom. The van der Waals surface area contributed by atoms with Crippen molar-refractivity contribution in [2.75, 3.05) is 0 Å². The van der Waals surface area contributed by atoms with Gasteiger partial charge in [-0.05, 0) is 19.1 Å². The molecule has 0 aliphatic carbocycles. The van der Waals surface area contributed by atoms with Gasteiger partial charge in [0.1, 0.15) is 10.8 Å². The van der Waals surface area contributed by atoms with Crippen LogP contribution in [-0.2, 0) is 0 Å². The van der Waals surface area contributed by atoms with Crippen molar-refractivity contribution >= 4 is 17.2 Å². The molecule has 13 heavy (non-hydrogen) atoms. The van der Waals surface area contributed by atoms with Crippen LogP contribution >= 0.6 is 11.6 Å². The van der Waals surface area contributed by atoms with E-state index >= 15 is 0 Å². The average Bonchev–Trinajstić information content (AvgIpc) is 2.49. The number of aromatic nitrogens is 2. The van der Waals surface area contributed by atoms with Crippen LogP contribution in [0.1, 0.15) is 18.7 Å². The van der Waals surface area contributed by atoms with Crippen LogP contribution < -0.4 is 0 Å². The second-order valence-electron chi connectivity index (χ2n) is 2.90. The van der Waals surface area contributed by atoms with Crippen molar-refractivity contribution in [1.82, 2.24) is 9.38 Å². The Morgan fingerprint density at radius 1 is 1.54 bits per heavy atom. The van der Waals surface area contributed by atoms with Crippen LogP contribution in [0.2, 0.25) is 5.15 Å². The summed E-state index contributed by atoms with van der Waals surface area (Å²) < 4.78 is 1.73. The molecule has 1 N–H and O–H groups in total. The van der Waals surface area contributed by atoms with Crippen LogP contribution in [0.25, 0.3) is 5.65 Å². The third-order valence-corrected chi connectivity index (χ3v) is 2.23. The molecule has 2 heterocycles. The normalized spacial score (nSPS) is 13.5. The molecule has 0 spiro atoms. The van der Waals surface area contributed by atoms with Crippen LogP contribution in [-0.4, -0.2) is 14.5 Å². The molecule has 0 saturated heterocycles. The smallest absolute Gasteiger partial charge is 0.138 e. The van der Waals surface area contributed by atoms with Crippen molar-refractivity contribution < 1.29 is 5.11 Å². The number of hydrogen-bond acceptors (Lipinski definition) is 2. The van der Waals surface area contributed by atoms with Crippen LogP contribution in [0.15, 0.2) is 24.4 Å². The molecule has 68 valence electrons. The number of halogens is 1. The van der Waals surface area contributed by atoms with Crippen molar-refractivity contribution in [2.45, 2.75) is 13.0 Å². The second kappa shape index (κ2) is 3.01. The third-order valence-electron chi connectivity index (χ3n) is 1.94. The SMILES string of the molecule is CC(O)c1cnc2cccc(Cl)n12. The number of pyridine rings is 1. The summed E-state index contributed by atoms with van der Waals surface area (Å²) in [5.41, 5.74) is 1.46. The Balaban J connectivity index is 2.79. The minimum atomic E-state index is -0.560. The number of aliphatic hydroxyl groups excluding tert-OH is 1. The first-order valence-corrected chi connectivity index (χ1v) is 4.38. The average molecular weight is 197 g/mol. The number of rotatable bonds is 1. The molecule has 0 aliphatic heterocycles. The van der Waals surface area contributed by atoms with Crippen molar-refractivity contribution in [1.29, 1.82) is 0 Å². The number of hydrogen-bond donors (Lipinski definition) is 1. The van der Waals surface area contributed by atoms with E-state index in [2.05, 4.69) is 4.98 Å². The highest BCUT2D eigenvalue weighted by Crippen LogP contribution is 2.19. The van der Waals surface area contributed by atoms with Crippen LogP contribution in [0, 0.1) is 0 Å². The van der Waals surface area contributed by atoms with Gasteiger partial charge in [0.15, 0.2) is 0 Å². The van der Waals surface area contributed by atoms with E-state index < -0.39 is 6.10 Å². The summed E-state index contributed by atoms with van der Waals surface area (Å²) in [4.78, 5) is 4.12. The third kappa shape index (κ3) is 1.30. The zero-order valence-electron chi connectivity index (χ0n) is 7.11. The number of imidazole rings is 1. The highest BCUT2D eigenvalue weighted by Gasteiger charge is 2.09. The summed E-state index contributed by atoms with van der Waals surface area (Å²) in [5.74, 6) is 0. The summed E-state index contributed by atoms with van der Waals surface area (Å²) in [7, 11) is 0. The molecular formula is C9H9ClN2O. The maximum atomic E-state index is 9.42. The lowest BCUT2D eigenvalue weighted by molar-refractivity contribution is 0.193. The van der Waals surface area contributed by atoms with Gasteiger partial charge in [0.25, 0.3) is 0 Å². The molecule has 0 aliphatic rings. The zero-order chi connectivity index (χ0) is 9.42. The van der Waals surface area contributed by atoms with Crippen LogP contribution in [0.4, 0.5) is 0 Å². The number of aliphatic hydroxyl groups is 1. The lowest BCUT2D eigenvalue weighted by atomic mass is 10.3. The predicted molar refractivity (Wildman–Crippen MR) is 50.8 cm³/mol. The molecule has 0 saturated carbocycles. The molecule has 4 heteroatoms. The molecule has 2 rings (SSSR count). The highest BCUT2D eigenvalue weighted by molar-refractivity contribution is 6.29. The van der Waals surface area contributed by atoms with Gasteiger partial charge in [0.2, 0.25) is 0 Å². The van der Waals surface area contributed by atoms with Gasteiger partial charge in [0, 0.05) is 0 Å². The number of fused-ring (bicyclic) bond motifs is 1. The van der Waals surface area contributed by atoms with Gasteiger partial charge in [-0.25, -0.2) is 4.98 Å². The maximum Gasteiger partial charge on any atom is 0.138 e. The zero-order valence-corrected chi connectivity index (χ0v) is 7.86. The molecule has 1 unspecified atom stereocenters. The van der Waals surface area contributed by atoms with E-state index in [1.54, 1.807) is 23.6 Å². The van der Waals surface area contributed by atoms with Crippen molar-refractivity contribution in [3.8, 4) is 0 Å². The van der Waals surface area contributed by atoms with Crippen molar-refractivity contribution in [3.63, 3.8) is 0 Å². The molecule has 3 nitrogen and oxygen atoms in total. The Hall–Kier alpha value is -1.06. The fourth-order valence-corrected chi connectivity index (χ4v) is 1.57. The lowest BCUT2D eigenvalue weighted by Gasteiger charge is -2.05. The molecule has 0 radical (unpaired) electrons. The van der Waals surface area contributed by atoms with Crippen molar-refractivity contribution in [2.24, 2.45) is 0 Å². The lowest BCUT2D eigenvalue weighted by Crippen LogP contribution is -1.97. The molecule has 1 atom stereocenters. The molecule has 2 aromatic rings. The van der Waals surface area contributed by atoms with E-state index in [0.29, 0.717) is 10.8 Å². The fraction of sp³-hybridized carbons (Fsp3) is 0.222. The van der Waals surface area contributed by atoms with E-state index in [4.69, 9.17) is 11.6 Å². The summed E-state index contributed by atoms with van der Waals surface area (Å²) in [5, 5.41) is 9.98. The fourth-order valence-electron chi connectivity index (χ4n) is 1.31. The minimum Gasteiger partial charge on any atom is -0.387 e. The van der Waals surface area contributed by atoms with Crippen molar-refractivity contribution in [3.05, 3.63) is 35.2 Å². The first-order chi connectivity index (χ1) is 6.20. The monoisotopic (exact) mass is 196 g/mol. The van der Waals surface area contributed by atoms with Gasteiger partial charge in [-0.15, -0.1) is 0 Å². The molecule has 0 bridgehead atoms. The molecule has 0 fully saturated rings.